The van der Waals surface area contributed by atoms with Gasteiger partial charge in [-0.25, -0.2) is 0 Å². The highest BCUT2D eigenvalue weighted by Crippen LogP contribution is 2.05. The maximum atomic E-state index is 12.2. The molecule has 0 saturated carbocycles. The summed E-state index contributed by atoms with van der Waals surface area (Å²) in [4.78, 5) is 18.2. The second-order valence-corrected chi connectivity index (χ2v) is 4.05. The van der Waals surface area contributed by atoms with Crippen LogP contribution in [0.5, 0.6) is 0 Å². The summed E-state index contributed by atoms with van der Waals surface area (Å²) in [6.45, 7) is 6.16. The lowest BCUT2D eigenvalue weighted by Crippen LogP contribution is -2.33. The number of pyridine rings is 1. The third kappa shape index (κ3) is 3.82. The van der Waals surface area contributed by atoms with E-state index in [-0.39, 0.29) is 5.91 Å². The lowest BCUT2D eigenvalue weighted by atomic mass is 10.2. The Labute approximate surface area is 103 Å². The van der Waals surface area contributed by atoms with Crippen LogP contribution in [-0.4, -0.2) is 28.9 Å². The molecule has 0 aromatic carbocycles. The van der Waals surface area contributed by atoms with E-state index in [1.54, 1.807) is 12.3 Å². The van der Waals surface area contributed by atoms with Crippen LogP contribution in [-0.2, 0) is 6.54 Å². The van der Waals surface area contributed by atoms with E-state index in [1.165, 1.54) is 0 Å². The number of nitrogens with zero attached hydrogens (tertiary/aromatic N) is 2. The van der Waals surface area contributed by atoms with Gasteiger partial charge in [-0.2, -0.15) is 0 Å². The van der Waals surface area contributed by atoms with Crippen molar-refractivity contribution >= 4 is 5.91 Å². The lowest BCUT2D eigenvalue weighted by molar-refractivity contribution is 0.0749. The molecule has 1 heterocycles. The molecule has 0 fully saturated rings. The first-order valence-electron chi connectivity index (χ1n) is 6.17. The SMILES string of the molecule is CCCN(CCC)C(=O)c1ccc(CN)cn1. The zero-order valence-corrected chi connectivity index (χ0v) is 10.6. The Morgan fingerprint density at radius 3 is 2.35 bits per heavy atom. The summed E-state index contributed by atoms with van der Waals surface area (Å²) < 4.78 is 0. The summed E-state index contributed by atoms with van der Waals surface area (Å²) in [6, 6.07) is 3.61. The first-order valence-corrected chi connectivity index (χ1v) is 6.17. The fraction of sp³-hybridized carbons (Fsp3) is 0.538. The summed E-state index contributed by atoms with van der Waals surface area (Å²) >= 11 is 0. The van der Waals surface area contributed by atoms with Crippen LogP contribution in [0.4, 0.5) is 0 Å². The molecule has 4 nitrogen and oxygen atoms in total. The van der Waals surface area contributed by atoms with Gasteiger partial charge in [0.05, 0.1) is 0 Å². The maximum absolute atomic E-state index is 12.2. The monoisotopic (exact) mass is 235 g/mol. The van der Waals surface area contributed by atoms with E-state index < -0.39 is 0 Å². The van der Waals surface area contributed by atoms with Gasteiger partial charge in [-0.15, -0.1) is 0 Å². The highest BCUT2D eigenvalue weighted by atomic mass is 16.2. The Hall–Kier alpha value is -1.42. The molecule has 0 atom stereocenters. The summed E-state index contributed by atoms with van der Waals surface area (Å²) in [6.07, 6.45) is 3.60. The summed E-state index contributed by atoms with van der Waals surface area (Å²) in [5.74, 6) is 0.0114. The van der Waals surface area contributed by atoms with Gasteiger partial charge < -0.3 is 10.6 Å². The number of hydrogen-bond donors (Lipinski definition) is 1. The lowest BCUT2D eigenvalue weighted by Gasteiger charge is -2.20. The highest BCUT2D eigenvalue weighted by molar-refractivity contribution is 5.92. The molecular weight excluding hydrogens is 214 g/mol. The van der Waals surface area contributed by atoms with Crippen molar-refractivity contribution in [1.82, 2.24) is 9.88 Å². The molecule has 0 spiro atoms. The molecule has 1 amide bonds. The van der Waals surface area contributed by atoms with Crippen LogP contribution in [0.25, 0.3) is 0 Å². The van der Waals surface area contributed by atoms with E-state index in [2.05, 4.69) is 18.8 Å². The van der Waals surface area contributed by atoms with Gasteiger partial charge in [0.1, 0.15) is 5.69 Å². The smallest absolute Gasteiger partial charge is 0.272 e. The Balaban J connectivity index is 2.77. The minimum atomic E-state index is 0.0114. The van der Waals surface area contributed by atoms with E-state index in [1.807, 2.05) is 11.0 Å². The van der Waals surface area contributed by atoms with Gasteiger partial charge in [-0.05, 0) is 24.5 Å². The number of nitrogens with two attached hydrogens (primary N) is 1. The minimum Gasteiger partial charge on any atom is -0.337 e. The van der Waals surface area contributed by atoms with E-state index >= 15 is 0 Å². The zero-order valence-electron chi connectivity index (χ0n) is 10.6. The number of carbonyl (C=O) groups is 1. The Bertz CT molecular complexity index is 342. The van der Waals surface area contributed by atoms with Gasteiger partial charge in [-0.3, -0.25) is 9.78 Å². The van der Waals surface area contributed by atoms with E-state index in [4.69, 9.17) is 5.73 Å². The molecule has 1 rings (SSSR count). The molecule has 2 N–H and O–H groups in total. The van der Waals surface area contributed by atoms with Crippen molar-refractivity contribution in [2.75, 3.05) is 13.1 Å². The second-order valence-electron chi connectivity index (χ2n) is 4.05. The molecule has 4 heteroatoms. The van der Waals surface area contributed by atoms with Gasteiger partial charge in [0, 0.05) is 25.8 Å². The molecule has 1 aromatic rings. The largest absolute Gasteiger partial charge is 0.337 e. The maximum Gasteiger partial charge on any atom is 0.272 e. The Morgan fingerprint density at radius 2 is 1.94 bits per heavy atom. The van der Waals surface area contributed by atoms with Crippen molar-refractivity contribution in [2.45, 2.75) is 33.2 Å². The number of rotatable bonds is 6. The molecule has 17 heavy (non-hydrogen) atoms. The first-order chi connectivity index (χ1) is 8.22. The molecule has 0 radical (unpaired) electrons. The standard InChI is InChI=1S/C13H21N3O/c1-3-7-16(8-4-2)13(17)12-6-5-11(9-14)10-15-12/h5-6,10H,3-4,7-9,14H2,1-2H3. The van der Waals surface area contributed by atoms with Crippen LogP contribution in [0.3, 0.4) is 0 Å². The molecule has 0 bridgehead atoms. The topological polar surface area (TPSA) is 59.2 Å². The van der Waals surface area contributed by atoms with E-state index in [0.29, 0.717) is 12.2 Å². The van der Waals surface area contributed by atoms with Crippen molar-refractivity contribution in [1.29, 1.82) is 0 Å². The third-order valence-electron chi connectivity index (χ3n) is 2.55. The molecule has 94 valence electrons. The van der Waals surface area contributed by atoms with Crippen molar-refractivity contribution in [2.24, 2.45) is 5.73 Å². The van der Waals surface area contributed by atoms with Crippen LogP contribution in [0.1, 0.15) is 42.7 Å². The quantitative estimate of drug-likeness (QED) is 0.818. The third-order valence-corrected chi connectivity index (χ3v) is 2.55. The van der Waals surface area contributed by atoms with Crippen LogP contribution in [0, 0.1) is 0 Å². The number of aromatic nitrogens is 1. The van der Waals surface area contributed by atoms with Crippen molar-refractivity contribution < 1.29 is 4.79 Å². The molecular formula is C13H21N3O. The average Bonchev–Trinajstić information content (AvgIpc) is 2.38. The van der Waals surface area contributed by atoms with Crippen molar-refractivity contribution in [3.8, 4) is 0 Å². The Morgan fingerprint density at radius 1 is 1.29 bits per heavy atom. The number of carbonyl (C=O) groups excluding carboxylic acids is 1. The second kappa shape index (κ2) is 7.01. The van der Waals surface area contributed by atoms with Crippen LogP contribution < -0.4 is 5.73 Å². The van der Waals surface area contributed by atoms with Crippen LogP contribution >= 0.6 is 0 Å². The first kappa shape index (κ1) is 13.6. The fourth-order valence-electron chi connectivity index (χ4n) is 1.69. The number of amides is 1. The van der Waals surface area contributed by atoms with Gasteiger partial charge in [0.15, 0.2) is 0 Å². The predicted octanol–water partition coefficient (Wildman–Crippen LogP) is 1.80. The van der Waals surface area contributed by atoms with Gasteiger partial charge in [0.2, 0.25) is 0 Å². The minimum absolute atomic E-state index is 0.0114. The fourth-order valence-corrected chi connectivity index (χ4v) is 1.69. The van der Waals surface area contributed by atoms with Crippen molar-refractivity contribution in [3.63, 3.8) is 0 Å². The molecule has 0 saturated heterocycles. The van der Waals surface area contributed by atoms with Gasteiger partial charge in [-0.1, -0.05) is 19.9 Å². The van der Waals surface area contributed by atoms with E-state index in [9.17, 15) is 4.79 Å². The van der Waals surface area contributed by atoms with Crippen LogP contribution in [0.15, 0.2) is 18.3 Å². The zero-order chi connectivity index (χ0) is 12.7. The van der Waals surface area contributed by atoms with Gasteiger partial charge in [0.25, 0.3) is 5.91 Å². The predicted molar refractivity (Wildman–Crippen MR) is 68.6 cm³/mol. The van der Waals surface area contributed by atoms with Crippen molar-refractivity contribution in [3.05, 3.63) is 29.6 Å². The normalized spacial score (nSPS) is 10.3. The number of hydrogen-bond acceptors (Lipinski definition) is 3. The summed E-state index contributed by atoms with van der Waals surface area (Å²) in [5, 5.41) is 0. The average molecular weight is 235 g/mol. The highest BCUT2D eigenvalue weighted by Gasteiger charge is 2.14. The molecule has 1 aromatic heterocycles. The summed E-state index contributed by atoms with van der Waals surface area (Å²) in [5.41, 5.74) is 6.94. The van der Waals surface area contributed by atoms with Crippen LogP contribution in [0.2, 0.25) is 0 Å². The Kier molecular flexibility index (Phi) is 5.63. The van der Waals surface area contributed by atoms with Gasteiger partial charge >= 0.3 is 0 Å². The molecule has 0 aliphatic rings. The summed E-state index contributed by atoms with van der Waals surface area (Å²) in [7, 11) is 0. The molecule has 0 aliphatic carbocycles. The molecule has 0 unspecified atom stereocenters. The van der Waals surface area contributed by atoms with E-state index in [0.717, 1.165) is 31.5 Å². The molecule has 0 aliphatic heterocycles.